The Morgan fingerprint density at radius 2 is 1.84 bits per heavy atom. The van der Waals surface area contributed by atoms with Crippen LogP contribution in [-0.2, 0) is 25.1 Å². The molecule has 3 atom stereocenters. The van der Waals surface area contributed by atoms with Crippen molar-refractivity contribution in [3.05, 3.63) is 112 Å². The van der Waals surface area contributed by atoms with Crippen molar-refractivity contribution in [2.24, 2.45) is 5.92 Å². The lowest BCUT2D eigenvalue weighted by atomic mass is 9.75. The first-order chi connectivity index (χ1) is 15.5. The molecule has 6 nitrogen and oxygen atoms in total. The third-order valence-electron chi connectivity index (χ3n) is 6.09. The van der Waals surface area contributed by atoms with E-state index in [0.29, 0.717) is 15.4 Å². The summed E-state index contributed by atoms with van der Waals surface area (Å²) in [5.41, 5.74) is 1.34. The van der Waals surface area contributed by atoms with Gasteiger partial charge in [-0.15, -0.1) is 0 Å². The number of imide groups is 1. The molecular formula is C25H16N2O4S. The van der Waals surface area contributed by atoms with Crippen LogP contribution in [0.15, 0.2) is 117 Å². The summed E-state index contributed by atoms with van der Waals surface area (Å²) in [4.78, 5) is 26.1. The minimum Gasteiger partial charge on any atom is -0.472 e. The summed E-state index contributed by atoms with van der Waals surface area (Å²) in [5.74, 6) is -1.74. The third-order valence-corrected chi connectivity index (χ3v) is 7.47. The van der Waals surface area contributed by atoms with E-state index >= 15 is 0 Å². The van der Waals surface area contributed by atoms with E-state index in [1.807, 2.05) is 72.9 Å². The predicted octanol–water partition coefficient (Wildman–Crippen LogP) is 2.93. The second-order valence-corrected chi connectivity index (χ2v) is 9.41. The molecule has 1 aromatic rings. The highest BCUT2D eigenvalue weighted by Crippen LogP contribution is 2.49. The molecule has 7 heteroatoms. The van der Waals surface area contributed by atoms with E-state index in [4.69, 9.17) is 10.1 Å². The largest absolute Gasteiger partial charge is 0.472 e. The number of amides is 2. The fourth-order valence-electron chi connectivity index (χ4n) is 4.60. The SMILES string of the molecule is N=C1C=C2C=C3C=CC=C4C=CC(S(=O)c5ccccc5)=CC43OC2=C2C(=O)NC(=O)C12. The lowest BCUT2D eigenvalue weighted by molar-refractivity contribution is -0.124. The van der Waals surface area contributed by atoms with Gasteiger partial charge >= 0.3 is 0 Å². The van der Waals surface area contributed by atoms with Gasteiger partial charge in [0.05, 0.1) is 16.4 Å². The minimum atomic E-state index is -1.42. The van der Waals surface area contributed by atoms with Crippen molar-refractivity contribution in [2.45, 2.75) is 10.5 Å². The molecule has 1 saturated heterocycles. The molecule has 156 valence electrons. The van der Waals surface area contributed by atoms with Crippen LogP contribution >= 0.6 is 0 Å². The number of carbonyl (C=O) groups is 2. The van der Waals surface area contributed by atoms with Gasteiger partial charge in [0, 0.05) is 32.2 Å². The highest BCUT2D eigenvalue weighted by Gasteiger charge is 2.50. The fraction of sp³-hybridized carbons (Fsp3) is 0.0800. The van der Waals surface area contributed by atoms with Crippen molar-refractivity contribution in [3.63, 3.8) is 0 Å². The Bertz CT molecular complexity index is 1390. The highest BCUT2D eigenvalue weighted by molar-refractivity contribution is 7.89. The molecule has 2 N–H and O–H groups in total. The van der Waals surface area contributed by atoms with Crippen molar-refractivity contribution >= 4 is 28.3 Å². The smallest absolute Gasteiger partial charge is 0.258 e. The first-order valence-electron chi connectivity index (χ1n) is 10.1. The van der Waals surface area contributed by atoms with Crippen LogP contribution < -0.4 is 5.32 Å². The number of benzene rings is 1. The topological polar surface area (TPSA) is 96.3 Å². The molecule has 5 aliphatic rings. The molecule has 3 aliphatic carbocycles. The van der Waals surface area contributed by atoms with Gasteiger partial charge in [0.15, 0.2) is 5.60 Å². The highest BCUT2D eigenvalue weighted by atomic mass is 32.2. The Morgan fingerprint density at radius 3 is 2.66 bits per heavy atom. The molecule has 3 unspecified atom stereocenters. The second-order valence-electron chi connectivity index (χ2n) is 7.93. The van der Waals surface area contributed by atoms with Crippen molar-refractivity contribution in [2.75, 3.05) is 0 Å². The molecule has 0 saturated carbocycles. The molecule has 2 aliphatic heterocycles. The molecule has 2 amide bonds. The number of ether oxygens (including phenoxy) is 1. The maximum absolute atomic E-state index is 13.3. The standard InChI is InChI=1S/C25H16N2O4S/c26-19-12-14-11-16-6-4-5-15-9-10-18(32(30)17-7-2-1-3-8-17)13-25(15,16)31-22(14)21-20(19)23(28)27-24(21)29/h1-13,20,26H,(H,27,28,29). The molecule has 2 heterocycles. The first-order valence-corrected chi connectivity index (χ1v) is 11.2. The Hall–Kier alpha value is -3.84. The van der Waals surface area contributed by atoms with Crippen LogP contribution in [0, 0.1) is 11.3 Å². The van der Waals surface area contributed by atoms with E-state index in [2.05, 4.69) is 5.32 Å². The van der Waals surface area contributed by atoms with Gasteiger partial charge in [0.25, 0.3) is 5.91 Å². The van der Waals surface area contributed by atoms with Crippen LogP contribution in [0.3, 0.4) is 0 Å². The summed E-state index contributed by atoms with van der Waals surface area (Å²) in [6.07, 6.45) is 14.7. The van der Waals surface area contributed by atoms with E-state index in [9.17, 15) is 13.8 Å². The van der Waals surface area contributed by atoms with Gasteiger partial charge in [-0.25, -0.2) is 4.21 Å². The number of carbonyl (C=O) groups excluding carboxylic acids is 2. The number of fused-ring (bicyclic) bond motifs is 2. The zero-order chi connectivity index (χ0) is 22.0. The molecule has 0 bridgehead atoms. The summed E-state index contributed by atoms with van der Waals surface area (Å²) in [5, 5.41) is 10.5. The van der Waals surface area contributed by atoms with E-state index in [1.54, 1.807) is 6.08 Å². The van der Waals surface area contributed by atoms with E-state index in [-0.39, 0.29) is 17.0 Å². The number of nitrogens with one attached hydrogen (secondary N) is 2. The molecule has 0 radical (unpaired) electrons. The second kappa shape index (κ2) is 6.58. The van der Waals surface area contributed by atoms with Crippen molar-refractivity contribution < 1.29 is 18.5 Å². The van der Waals surface area contributed by atoms with Gasteiger partial charge in [0.1, 0.15) is 11.7 Å². The van der Waals surface area contributed by atoms with Gasteiger partial charge in [-0.3, -0.25) is 14.9 Å². The van der Waals surface area contributed by atoms with E-state index < -0.39 is 34.1 Å². The maximum atomic E-state index is 13.3. The quantitative estimate of drug-likeness (QED) is 0.691. The molecule has 1 aromatic carbocycles. The van der Waals surface area contributed by atoms with Crippen LogP contribution in [0.2, 0.25) is 0 Å². The fourth-order valence-corrected chi connectivity index (χ4v) is 5.74. The van der Waals surface area contributed by atoms with Crippen molar-refractivity contribution in [1.29, 1.82) is 5.41 Å². The number of allylic oxidation sites excluding steroid dienone is 5. The average Bonchev–Trinajstić information content (AvgIpc) is 3.11. The normalized spacial score (nSPS) is 28.2. The third kappa shape index (κ3) is 2.51. The van der Waals surface area contributed by atoms with Crippen LogP contribution in [0.1, 0.15) is 0 Å². The van der Waals surface area contributed by atoms with Gasteiger partial charge in [-0.1, -0.05) is 42.5 Å². The number of hydrogen-bond donors (Lipinski definition) is 2. The van der Waals surface area contributed by atoms with Gasteiger partial charge in [0.2, 0.25) is 5.91 Å². The van der Waals surface area contributed by atoms with Gasteiger partial charge in [-0.05, 0) is 36.4 Å². The first kappa shape index (κ1) is 18.9. The predicted molar refractivity (Wildman–Crippen MR) is 119 cm³/mol. The minimum absolute atomic E-state index is 0.0546. The van der Waals surface area contributed by atoms with Crippen molar-refractivity contribution in [1.82, 2.24) is 5.32 Å². The van der Waals surface area contributed by atoms with Gasteiger partial charge < -0.3 is 10.1 Å². The van der Waals surface area contributed by atoms with Crippen molar-refractivity contribution in [3.8, 4) is 0 Å². The summed E-state index contributed by atoms with van der Waals surface area (Å²) in [6, 6.07) is 9.17. The van der Waals surface area contributed by atoms with Crippen LogP contribution in [0.25, 0.3) is 0 Å². The molecule has 6 rings (SSSR count). The van der Waals surface area contributed by atoms with Gasteiger partial charge in [-0.2, -0.15) is 0 Å². The lowest BCUT2D eigenvalue weighted by Gasteiger charge is -2.43. The Kier molecular flexibility index (Phi) is 3.88. The number of rotatable bonds is 2. The van der Waals surface area contributed by atoms with E-state index in [1.165, 1.54) is 0 Å². The summed E-state index contributed by atoms with van der Waals surface area (Å²) >= 11 is 0. The zero-order valence-electron chi connectivity index (χ0n) is 16.6. The van der Waals surface area contributed by atoms with Crippen LogP contribution in [0.5, 0.6) is 0 Å². The summed E-state index contributed by atoms with van der Waals surface area (Å²) in [6.45, 7) is 0. The summed E-state index contributed by atoms with van der Waals surface area (Å²) in [7, 11) is -1.42. The van der Waals surface area contributed by atoms with Crippen LogP contribution in [0.4, 0.5) is 0 Å². The van der Waals surface area contributed by atoms with Crippen LogP contribution in [-0.4, -0.2) is 27.3 Å². The number of hydrogen-bond acceptors (Lipinski definition) is 5. The zero-order valence-corrected chi connectivity index (χ0v) is 17.4. The molecule has 1 fully saturated rings. The molecule has 1 spiro atoms. The Morgan fingerprint density at radius 1 is 1.03 bits per heavy atom. The Labute approximate surface area is 186 Å². The molecular weight excluding hydrogens is 424 g/mol. The Balaban J connectivity index is 1.54. The summed E-state index contributed by atoms with van der Waals surface area (Å²) < 4.78 is 19.8. The maximum Gasteiger partial charge on any atom is 0.258 e. The average molecular weight is 440 g/mol. The van der Waals surface area contributed by atoms with E-state index in [0.717, 1.165) is 11.1 Å². The molecule has 0 aromatic heterocycles. The molecule has 32 heavy (non-hydrogen) atoms. The lowest BCUT2D eigenvalue weighted by Crippen LogP contribution is -2.41. The monoisotopic (exact) mass is 440 g/mol.